The number of benzene rings is 2. The summed E-state index contributed by atoms with van der Waals surface area (Å²) in [5.41, 5.74) is 9.17. The van der Waals surface area contributed by atoms with E-state index >= 15 is 0 Å². The molecule has 2 aromatic carbocycles. The molecular formula is C43H53N7O4. The molecule has 2 aliphatic heterocycles. The molecule has 2 aliphatic rings. The number of anilines is 2. The van der Waals surface area contributed by atoms with Crippen molar-refractivity contribution in [2.45, 2.75) is 79.5 Å². The zero-order chi connectivity index (χ0) is 38.1. The number of pyridine rings is 2. The molecule has 11 heteroatoms. The highest BCUT2D eigenvalue weighted by molar-refractivity contribution is 5.82. The van der Waals surface area contributed by atoms with Gasteiger partial charge in [-0.05, 0) is 126 Å². The molecule has 0 spiro atoms. The predicted molar refractivity (Wildman–Crippen MR) is 216 cm³/mol. The Bertz CT molecular complexity index is 2190. The molecule has 5 aromatic rings. The largest absolute Gasteiger partial charge is 0.444 e. The molecule has 3 aromatic heterocycles. The Morgan fingerprint density at radius 1 is 0.981 bits per heavy atom. The Kier molecular flexibility index (Phi) is 10.5. The second-order valence-corrected chi connectivity index (χ2v) is 15.6. The molecule has 0 bridgehead atoms. The van der Waals surface area contributed by atoms with Crippen LogP contribution in [0, 0.1) is 20.8 Å². The molecule has 1 amide bonds. The third kappa shape index (κ3) is 7.73. The minimum atomic E-state index is -0.519. The van der Waals surface area contributed by atoms with Crippen molar-refractivity contribution in [1.29, 1.82) is 0 Å². The van der Waals surface area contributed by atoms with Gasteiger partial charge in [-0.3, -0.25) is 4.79 Å². The third-order valence-electron chi connectivity index (χ3n) is 10.7. The van der Waals surface area contributed by atoms with E-state index < -0.39 is 5.60 Å². The maximum atomic E-state index is 13.5. The number of nitrogens with one attached hydrogen (secondary N) is 1. The van der Waals surface area contributed by atoms with E-state index in [-0.39, 0.29) is 11.7 Å². The number of hydrogen-bond donors (Lipinski definition) is 1. The molecule has 7 rings (SSSR count). The lowest BCUT2D eigenvalue weighted by atomic mass is 9.96. The minimum Gasteiger partial charge on any atom is -0.444 e. The number of H-pyrrole nitrogens is 1. The number of para-hydroxylation sites is 2. The second kappa shape index (κ2) is 15.3. The number of fused-ring (bicyclic) bond motifs is 1. The third-order valence-corrected chi connectivity index (χ3v) is 10.7. The highest BCUT2D eigenvalue weighted by atomic mass is 16.6. The quantitative estimate of drug-likeness (QED) is 0.175. The highest BCUT2D eigenvalue weighted by Gasteiger charge is 2.28. The molecule has 54 heavy (non-hydrogen) atoms. The standard InChI is InChI=1S/C43H53N7O4/c1-8-49(34-15-21-53-22-16-34)37-25-32(31-13-14-38(44-26-31)47-17-19-48(20-18-47)42(52)54-43(5,6)7)24-33(30(37)4)27-50-36-12-10-9-11-35(36)46-40(50)39-28(2)23-29(3)45-41(39)51/h9-14,23-26,34H,8,15-22,27H2,1-7H3,(H,45,51). The SMILES string of the molecule is CCN(c1cc(-c2ccc(N3CCN(C(=O)OC(C)(C)C)CC3)nc2)cc(Cn2c(-c3c(C)cc(C)[nH]c3=O)nc3ccccc32)c1C)C1CCOCC1. The molecular weight excluding hydrogens is 679 g/mol. The molecule has 11 nitrogen and oxygen atoms in total. The Hall–Kier alpha value is -5.16. The van der Waals surface area contributed by atoms with Gasteiger partial charge in [-0.1, -0.05) is 12.1 Å². The summed E-state index contributed by atoms with van der Waals surface area (Å²) in [5, 5.41) is 0. The maximum Gasteiger partial charge on any atom is 0.410 e. The second-order valence-electron chi connectivity index (χ2n) is 15.6. The van der Waals surface area contributed by atoms with Gasteiger partial charge in [-0.25, -0.2) is 14.8 Å². The molecule has 0 atom stereocenters. The van der Waals surface area contributed by atoms with E-state index in [1.807, 2.05) is 65.1 Å². The molecule has 284 valence electrons. The molecule has 0 radical (unpaired) electrons. The van der Waals surface area contributed by atoms with Gasteiger partial charge in [0.15, 0.2) is 0 Å². The van der Waals surface area contributed by atoms with Crippen molar-refractivity contribution in [1.82, 2.24) is 24.4 Å². The fourth-order valence-corrected chi connectivity index (χ4v) is 7.93. The number of piperazine rings is 1. The fraction of sp³-hybridized carbons (Fsp3) is 0.442. The van der Waals surface area contributed by atoms with Gasteiger partial charge in [0, 0.05) is 75.1 Å². The molecule has 0 saturated carbocycles. The first kappa shape index (κ1) is 37.2. The van der Waals surface area contributed by atoms with Gasteiger partial charge in [0.2, 0.25) is 0 Å². The Morgan fingerprint density at radius 3 is 2.39 bits per heavy atom. The van der Waals surface area contributed by atoms with Crippen LogP contribution >= 0.6 is 0 Å². The van der Waals surface area contributed by atoms with Gasteiger partial charge in [-0.15, -0.1) is 0 Å². The smallest absolute Gasteiger partial charge is 0.410 e. The Labute approximate surface area is 317 Å². The van der Waals surface area contributed by atoms with Crippen molar-refractivity contribution in [2.75, 3.05) is 55.7 Å². The summed E-state index contributed by atoms with van der Waals surface area (Å²) in [7, 11) is 0. The van der Waals surface area contributed by atoms with Crippen LogP contribution in [0.2, 0.25) is 0 Å². The summed E-state index contributed by atoms with van der Waals surface area (Å²) < 4.78 is 13.6. The topological polar surface area (TPSA) is 109 Å². The van der Waals surface area contributed by atoms with Gasteiger partial charge >= 0.3 is 6.09 Å². The van der Waals surface area contributed by atoms with Crippen molar-refractivity contribution in [2.24, 2.45) is 0 Å². The van der Waals surface area contributed by atoms with Crippen LogP contribution in [-0.4, -0.2) is 88.1 Å². The van der Waals surface area contributed by atoms with E-state index in [1.165, 1.54) is 11.3 Å². The summed E-state index contributed by atoms with van der Waals surface area (Å²) in [6.07, 6.45) is 3.66. The summed E-state index contributed by atoms with van der Waals surface area (Å²) in [6.45, 7) is 19.5. The first-order valence-electron chi connectivity index (χ1n) is 19.2. The molecule has 2 fully saturated rings. The van der Waals surface area contributed by atoms with Gasteiger partial charge in [-0.2, -0.15) is 0 Å². The van der Waals surface area contributed by atoms with Crippen LogP contribution in [0.3, 0.4) is 0 Å². The molecule has 2 saturated heterocycles. The summed E-state index contributed by atoms with van der Waals surface area (Å²) >= 11 is 0. The molecule has 0 aliphatic carbocycles. The number of aryl methyl sites for hydroxylation is 2. The van der Waals surface area contributed by atoms with Crippen LogP contribution in [0.15, 0.2) is 65.6 Å². The number of ether oxygens (including phenoxy) is 2. The number of carbonyl (C=O) groups is 1. The number of carbonyl (C=O) groups excluding carboxylic acids is 1. The van der Waals surface area contributed by atoms with E-state index in [4.69, 9.17) is 19.4 Å². The lowest BCUT2D eigenvalue weighted by molar-refractivity contribution is 0.0240. The molecule has 5 heterocycles. The molecule has 1 N–H and O–H groups in total. The average Bonchev–Trinajstić information content (AvgIpc) is 3.50. The normalized spacial score (nSPS) is 15.5. The fourth-order valence-electron chi connectivity index (χ4n) is 7.93. The lowest BCUT2D eigenvalue weighted by Gasteiger charge is -2.37. The van der Waals surface area contributed by atoms with E-state index in [9.17, 15) is 9.59 Å². The monoisotopic (exact) mass is 731 g/mol. The van der Waals surface area contributed by atoms with Gasteiger partial charge < -0.3 is 33.7 Å². The average molecular weight is 732 g/mol. The van der Waals surface area contributed by atoms with E-state index in [0.717, 1.165) is 77.4 Å². The Morgan fingerprint density at radius 2 is 1.72 bits per heavy atom. The highest BCUT2D eigenvalue weighted by Crippen LogP contribution is 2.36. The number of hydrogen-bond acceptors (Lipinski definition) is 8. The minimum absolute atomic E-state index is 0.135. The Balaban J connectivity index is 1.26. The van der Waals surface area contributed by atoms with Gasteiger partial charge in [0.05, 0.1) is 23.1 Å². The van der Waals surface area contributed by atoms with Crippen molar-refractivity contribution in [3.8, 4) is 22.5 Å². The van der Waals surface area contributed by atoms with E-state index in [0.29, 0.717) is 50.2 Å². The summed E-state index contributed by atoms with van der Waals surface area (Å²) in [5.74, 6) is 1.55. The zero-order valence-corrected chi connectivity index (χ0v) is 32.7. The van der Waals surface area contributed by atoms with Crippen LogP contribution in [0.25, 0.3) is 33.5 Å². The summed E-state index contributed by atoms with van der Waals surface area (Å²) in [6, 6.07) is 19.3. The predicted octanol–water partition coefficient (Wildman–Crippen LogP) is 7.49. The first-order chi connectivity index (χ1) is 25.9. The van der Waals surface area contributed by atoms with Crippen LogP contribution in [-0.2, 0) is 16.0 Å². The zero-order valence-electron chi connectivity index (χ0n) is 32.7. The molecule has 0 unspecified atom stereocenters. The van der Waals surface area contributed by atoms with E-state index in [2.05, 4.69) is 63.5 Å². The van der Waals surface area contributed by atoms with Crippen LogP contribution in [0.5, 0.6) is 0 Å². The van der Waals surface area contributed by atoms with Crippen LogP contribution in [0.4, 0.5) is 16.3 Å². The number of amides is 1. The van der Waals surface area contributed by atoms with Gasteiger partial charge in [0.1, 0.15) is 17.2 Å². The van der Waals surface area contributed by atoms with Crippen molar-refractivity contribution < 1.29 is 14.3 Å². The number of nitrogens with zero attached hydrogens (tertiary/aromatic N) is 6. The van der Waals surface area contributed by atoms with Crippen LogP contribution in [0.1, 0.15) is 62.9 Å². The van der Waals surface area contributed by atoms with E-state index in [1.54, 1.807) is 4.90 Å². The number of aromatic nitrogens is 4. The van der Waals surface area contributed by atoms with Crippen molar-refractivity contribution >= 4 is 28.6 Å². The maximum absolute atomic E-state index is 13.5. The number of aromatic amines is 1. The first-order valence-corrected chi connectivity index (χ1v) is 19.2. The lowest BCUT2D eigenvalue weighted by Crippen LogP contribution is -2.50. The van der Waals surface area contributed by atoms with Crippen LogP contribution < -0.4 is 15.4 Å². The van der Waals surface area contributed by atoms with Crippen molar-refractivity contribution in [3.05, 3.63) is 93.5 Å². The number of imidazole rings is 1. The van der Waals surface area contributed by atoms with Crippen molar-refractivity contribution in [3.63, 3.8) is 0 Å². The van der Waals surface area contributed by atoms with Gasteiger partial charge in [0.25, 0.3) is 5.56 Å². The summed E-state index contributed by atoms with van der Waals surface area (Å²) in [4.78, 5) is 45.7. The number of rotatable bonds is 8.